The molecule has 148 valence electrons. The maximum atomic E-state index is 12.4. The van der Waals surface area contributed by atoms with Crippen LogP contribution in [-0.2, 0) is 11.3 Å². The van der Waals surface area contributed by atoms with Crippen LogP contribution in [0.3, 0.4) is 0 Å². The quantitative estimate of drug-likeness (QED) is 0.571. The molecule has 3 rings (SSSR count). The summed E-state index contributed by atoms with van der Waals surface area (Å²) in [6.07, 6.45) is 5.68. The van der Waals surface area contributed by atoms with Gasteiger partial charge in [0.2, 0.25) is 5.91 Å². The Morgan fingerprint density at radius 2 is 2.07 bits per heavy atom. The van der Waals surface area contributed by atoms with Crippen LogP contribution in [0.15, 0.2) is 54.7 Å². The highest BCUT2D eigenvalue weighted by molar-refractivity contribution is 6.03. The van der Waals surface area contributed by atoms with E-state index in [-0.39, 0.29) is 5.91 Å². The zero-order valence-corrected chi connectivity index (χ0v) is 16.5. The molecule has 0 radical (unpaired) electrons. The van der Waals surface area contributed by atoms with Gasteiger partial charge in [-0.3, -0.25) is 4.79 Å². The topological polar surface area (TPSA) is 76.3 Å². The fourth-order valence-electron chi connectivity index (χ4n) is 3.13. The molecule has 0 saturated carbocycles. The summed E-state index contributed by atoms with van der Waals surface area (Å²) in [4.78, 5) is 12.4. The van der Waals surface area contributed by atoms with Gasteiger partial charge in [-0.25, -0.2) is 0 Å². The highest BCUT2D eigenvalue weighted by Crippen LogP contribution is 2.30. The van der Waals surface area contributed by atoms with Crippen molar-refractivity contribution in [1.29, 1.82) is 5.26 Å². The number of rotatable bonds is 8. The van der Waals surface area contributed by atoms with Crippen LogP contribution in [0.25, 0.3) is 17.0 Å². The number of nitrogens with one attached hydrogen (secondary N) is 1. The fraction of sp³-hybridized carbons (Fsp3) is 0.217. The molecule has 2 aromatic carbocycles. The number of hydrogen-bond donors (Lipinski definition) is 1. The molecule has 0 spiro atoms. The van der Waals surface area contributed by atoms with E-state index in [0.29, 0.717) is 36.8 Å². The molecular weight excluding hydrogens is 366 g/mol. The van der Waals surface area contributed by atoms with Crippen molar-refractivity contribution in [3.8, 4) is 17.6 Å². The predicted octanol–water partition coefficient (Wildman–Crippen LogP) is 4.61. The van der Waals surface area contributed by atoms with E-state index in [9.17, 15) is 4.79 Å². The van der Waals surface area contributed by atoms with E-state index in [1.54, 1.807) is 31.4 Å². The van der Waals surface area contributed by atoms with Gasteiger partial charge < -0.3 is 19.4 Å². The van der Waals surface area contributed by atoms with Gasteiger partial charge in [0.1, 0.15) is 0 Å². The normalized spacial score (nSPS) is 10.8. The average Bonchev–Trinajstić information content (AvgIpc) is 3.10. The molecule has 29 heavy (non-hydrogen) atoms. The number of benzene rings is 2. The summed E-state index contributed by atoms with van der Waals surface area (Å²) < 4.78 is 12.8. The molecule has 0 saturated heterocycles. The first-order valence-electron chi connectivity index (χ1n) is 9.41. The molecule has 0 aliphatic heterocycles. The summed E-state index contributed by atoms with van der Waals surface area (Å²) in [6, 6.07) is 15.4. The highest BCUT2D eigenvalue weighted by atomic mass is 16.5. The molecule has 0 unspecified atom stereocenters. The molecule has 0 atom stereocenters. The molecule has 6 heteroatoms. The number of fused-ring (bicyclic) bond motifs is 1. The number of aryl methyl sites for hydroxylation is 1. The van der Waals surface area contributed by atoms with Crippen molar-refractivity contribution in [2.75, 3.05) is 19.0 Å². The van der Waals surface area contributed by atoms with E-state index in [0.717, 1.165) is 16.5 Å². The number of ether oxygens (including phenoxy) is 2. The molecule has 1 aromatic heterocycles. The second kappa shape index (κ2) is 9.47. The first-order chi connectivity index (χ1) is 14.2. The van der Waals surface area contributed by atoms with Gasteiger partial charge in [0, 0.05) is 47.0 Å². The maximum Gasteiger partial charge on any atom is 0.248 e. The fourth-order valence-corrected chi connectivity index (χ4v) is 3.13. The maximum absolute atomic E-state index is 12.4. The monoisotopic (exact) mass is 389 g/mol. The van der Waals surface area contributed by atoms with Crippen LogP contribution in [0, 0.1) is 11.3 Å². The Balaban J connectivity index is 1.77. The summed E-state index contributed by atoms with van der Waals surface area (Å²) in [5.41, 5.74) is 2.59. The summed E-state index contributed by atoms with van der Waals surface area (Å²) in [5, 5.41) is 12.7. The number of carbonyl (C=O) groups is 1. The molecule has 0 aliphatic carbocycles. The molecule has 3 aromatic rings. The predicted molar refractivity (Wildman–Crippen MR) is 114 cm³/mol. The first kappa shape index (κ1) is 20.0. The first-order valence-corrected chi connectivity index (χ1v) is 9.41. The lowest BCUT2D eigenvalue weighted by Crippen LogP contribution is -2.08. The Bertz CT molecular complexity index is 1080. The molecule has 1 amide bonds. The Kier molecular flexibility index (Phi) is 6.54. The van der Waals surface area contributed by atoms with E-state index in [1.807, 2.05) is 42.0 Å². The van der Waals surface area contributed by atoms with Crippen molar-refractivity contribution in [2.45, 2.75) is 19.9 Å². The number of hydrogen-bond acceptors (Lipinski definition) is 4. The van der Waals surface area contributed by atoms with E-state index in [1.165, 1.54) is 6.08 Å². The lowest BCUT2D eigenvalue weighted by Gasteiger charge is -2.11. The van der Waals surface area contributed by atoms with Crippen molar-refractivity contribution < 1.29 is 14.3 Å². The number of para-hydroxylation sites is 1. The number of nitrogens with zero attached hydrogens (tertiary/aromatic N) is 2. The minimum absolute atomic E-state index is 0.245. The lowest BCUT2D eigenvalue weighted by atomic mass is 10.1. The third kappa shape index (κ3) is 4.77. The van der Waals surface area contributed by atoms with Crippen molar-refractivity contribution >= 4 is 28.6 Å². The summed E-state index contributed by atoms with van der Waals surface area (Å²) >= 11 is 0. The van der Waals surface area contributed by atoms with E-state index >= 15 is 0 Å². The van der Waals surface area contributed by atoms with Crippen LogP contribution in [0.1, 0.15) is 18.9 Å². The molecule has 1 N–H and O–H groups in total. The van der Waals surface area contributed by atoms with Gasteiger partial charge in [-0.15, -0.1) is 0 Å². The van der Waals surface area contributed by atoms with Crippen molar-refractivity contribution in [1.82, 2.24) is 4.57 Å². The molecule has 6 nitrogen and oxygen atoms in total. The van der Waals surface area contributed by atoms with Crippen LogP contribution >= 0.6 is 0 Å². The molecular formula is C23H23N3O3. The zero-order chi connectivity index (χ0) is 20.6. The van der Waals surface area contributed by atoms with Crippen LogP contribution in [0.5, 0.6) is 11.5 Å². The molecule has 0 fully saturated rings. The van der Waals surface area contributed by atoms with Gasteiger partial charge in [-0.05, 0) is 31.2 Å². The van der Waals surface area contributed by atoms with E-state index < -0.39 is 0 Å². The largest absolute Gasteiger partial charge is 0.493 e. The number of methoxy groups -OCH3 is 1. The van der Waals surface area contributed by atoms with Gasteiger partial charge in [-0.1, -0.05) is 18.2 Å². The highest BCUT2D eigenvalue weighted by Gasteiger charge is 2.08. The lowest BCUT2D eigenvalue weighted by molar-refractivity contribution is -0.111. The van der Waals surface area contributed by atoms with E-state index in [4.69, 9.17) is 14.7 Å². The summed E-state index contributed by atoms with van der Waals surface area (Å²) in [6.45, 7) is 3.05. The number of anilines is 1. The molecule has 1 heterocycles. The minimum Gasteiger partial charge on any atom is -0.493 e. The van der Waals surface area contributed by atoms with Gasteiger partial charge in [0.15, 0.2) is 11.5 Å². The Labute approximate surface area is 170 Å². The molecule has 0 bridgehead atoms. The summed E-state index contributed by atoms with van der Waals surface area (Å²) in [7, 11) is 1.56. The second-order valence-electron chi connectivity index (χ2n) is 6.32. The van der Waals surface area contributed by atoms with Crippen molar-refractivity contribution in [3.63, 3.8) is 0 Å². The SMILES string of the molecule is CCOc1ccc(NC(=O)/C=C/c2cn(CCC#N)c3ccccc23)cc1OC. The number of aromatic nitrogens is 1. The van der Waals surface area contributed by atoms with Crippen LogP contribution in [0.4, 0.5) is 5.69 Å². The van der Waals surface area contributed by atoms with Crippen LogP contribution < -0.4 is 14.8 Å². The third-order valence-electron chi connectivity index (χ3n) is 4.43. The number of carbonyl (C=O) groups excluding carboxylic acids is 1. The van der Waals surface area contributed by atoms with Gasteiger partial charge in [-0.2, -0.15) is 5.26 Å². The summed E-state index contributed by atoms with van der Waals surface area (Å²) in [5.74, 6) is 0.952. The van der Waals surface area contributed by atoms with E-state index in [2.05, 4.69) is 11.4 Å². The Morgan fingerprint density at radius 3 is 2.83 bits per heavy atom. The van der Waals surface area contributed by atoms with Gasteiger partial charge in [0.25, 0.3) is 0 Å². The van der Waals surface area contributed by atoms with Crippen LogP contribution in [0.2, 0.25) is 0 Å². The minimum atomic E-state index is -0.245. The third-order valence-corrected chi connectivity index (χ3v) is 4.43. The van der Waals surface area contributed by atoms with Crippen LogP contribution in [-0.4, -0.2) is 24.2 Å². The zero-order valence-electron chi connectivity index (χ0n) is 16.5. The van der Waals surface area contributed by atoms with Crippen molar-refractivity contribution in [2.24, 2.45) is 0 Å². The standard InChI is InChI=1S/C23H23N3O3/c1-3-29-21-11-10-18(15-22(21)28-2)25-23(27)12-9-17-16-26(14-6-13-24)20-8-5-4-7-19(17)20/h4-5,7-12,15-16H,3,6,14H2,1-2H3,(H,25,27)/b12-9+. The van der Waals surface area contributed by atoms with Gasteiger partial charge in [0.05, 0.1) is 26.2 Å². The number of amides is 1. The number of nitriles is 1. The van der Waals surface area contributed by atoms with Crippen molar-refractivity contribution in [3.05, 3.63) is 60.3 Å². The Morgan fingerprint density at radius 1 is 1.24 bits per heavy atom. The Hall–Kier alpha value is -3.72. The average molecular weight is 389 g/mol. The second-order valence-corrected chi connectivity index (χ2v) is 6.32. The smallest absolute Gasteiger partial charge is 0.248 e. The molecule has 0 aliphatic rings. The van der Waals surface area contributed by atoms with Gasteiger partial charge >= 0.3 is 0 Å².